The topological polar surface area (TPSA) is 59.5 Å². The summed E-state index contributed by atoms with van der Waals surface area (Å²) in [4.78, 5) is 7.00. The predicted octanol–water partition coefficient (Wildman–Crippen LogP) is 1.07. The van der Waals surface area contributed by atoms with Crippen LogP contribution in [-0.2, 0) is 13.0 Å². The molecular formula is C14H21N5. The first-order valence-electron chi connectivity index (χ1n) is 6.97. The Labute approximate surface area is 113 Å². The Kier molecular flexibility index (Phi) is 3.48. The number of hydrogen-bond donors (Lipinski definition) is 1. The molecule has 5 nitrogen and oxygen atoms in total. The first kappa shape index (κ1) is 12.6. The first-order chi connectivity index (χ1) is 9.24. The minimum atomic E-state index is 0.540. The molecular weight excluding hydrogens is 238 g/mol. The highest BCUT2D eigenvalue weighted by molar-refractivity contribution is 5.38. The fourth-order valence-electron chi connectivity index (χ4n) is 2.88. The molecule has 1 atom stereocenters. The van der Waals surface area contributed by atoms with Crippen molar-refractivity contribution in [2.45, 2.75) is 25.8 Å². The Balaban J connectivity index is 1.77. The van der Waals surface area contributed by atoms with Gasteiger partial charge in [-0.25, -0.2) is 9.50 Å². The molecule has 1 aliphatic rings. The largest absolute Gasteiger partial charge is 0.326 e. The van der Waals surface area contributed by atoms with E-state index >= 15 is 0 Å². The second-order valence-electron chi connectivity index (χ2n) is 5.55. The zero-order valence-electron chi connectivity index (χ0n) is 11.4. The van der Waals surface area contributed by atoms with Crippen LogP contribution in [0, 0.1) is 5.92 Å². The summed E-state index contributed by atoms with van der Waals surface area (Å²) < 4.78 is 1.85. The number of likely N-dealkylation sites (tertiary alicyclic amines) is 1. The molecule has 5 heteroatoms. The van der Waals surface area contributed by atoms with Gasteiger partial charge >= 0.3 is 0 Å². The van der Waals surface area contributed by atoms with Crippen molar-refractivity contribution < 1.29 is 0 Å². The summed E-state index contributed by atoms with van der Waals surface area (Å²) in [6.45, 7) is 2.91. The van der Waals surface area contributed by atoms with E-state index in [0.717, 1.165) is 30.0 Å². The van der Waals surface area contributed by atoms with Gasteiger partial charge in [0.25, 0.3) is 0 Å². The van der Waals surface area contributed by atoms with Crippen molar-refractivity contribution in [3.05, 3.63) is 29.7 Å². The highest BCUT2D eigenvalue weighted by Crippen LogP contribution is 2.18. The summed E-state index contributed by atoms with van der Waals surface area (Å²) in [5.41, 5.74) is 7.64. The second-order valence-corrected chi connectivity index (χ2v) is 5.55. The fourth-order valence-corrected chi connectivity index (χ4v) is 2.88. The molecule has 0 aromatic carbocycles. The molecule has 3 heterocycles. The van der Waals surface area contributed by atoms with Crippen LogP contribution in [0.4, 0.5) is 0 Å². The van der Waals surface area contributed by atoms with Crippen LogP contribution in [-0.4, -0.2) is 39.6 Å². The van der Waals surface area contributed by atoms with Crippen LogP contribution in [0.3, 0.4) is 0 Å². The summed E-state index contributed by atoms with van der Waals surface area (Å²) >= 11 is 0. The van der Waals surface area contributed by atoms with Gasteiger partial charge < -0.3 is 10.6 Å². The number of aromatic nitrogens is 3. The normalized spacial score (nSPS) is 21.1. The molecule has 0 bridgehead atoms. The number of piperidine rings is 1. The molecule has 0 saturated carbocycles. The van der Waals surface area contributed by atoms with Crippen LogP contribution in [0.2, 0.25) is 0 Å². The van der Waals surface area contributed by atoms with Gasteiger partial charge in [-0.05, 0) is 44.0 Å². The number of fused-ring (bicyclic) bond motifs is 1. The van der Waals surface area contributed by atoms with E-state index in [1.54, 1.807) is 0 Å². The van der Waals surface area contributed by atoms with Crippen molar-refractivity contribution in [1.82, 2.24) is 19.5 Å². The Morgan fingerprint density at radius 1 is 1.42 bits per heavy atom. The highest BCUT2D eigenvalue weighted by Gasteiger charge is 2.19. The van der Waals surface area contributed by atoms with Gasteiger partial charge in [-0.2, -0.15) is 5.10 Å². The van der Waals surface area contributed by atoms with Crippen LogP contribution in [0.15, 0.2) is 18.3 Å². The van der Waals surface area contributed by atoms with E-state index in [0.29, 0.717) is 12.5 Å². The third-order valence-corrected chi connectivity index (χ3v) is 3.87. The van der Waals surface area contributed by atoms with Gasteiger partial charge in [0.15, 0.2) is 11.5 Å². The van der Waals surface area contributed by atoms with Gasteiger partial charge in [0.2, 0.25) is 0 Å². The van der Waals surface area contributed by atoms with Gasteiger partial charge in [0, 0.05) is 25.7 Å². The van der Waals surface area contributed by atoms with Gasteiger partial charge in [-0.3, -0.25) is 0 Å². The van der Waals surface area contributed by atoms with Gasteiger partial charge in [-0.1, -0.05) is 6.07 Å². The molecule has 0 radical (unpaired) electrons. The van der Waals surface area contributed by atoms with E-state index in [4.69, 9.17) is 5.73 Å². The molecule has 102 valence electrons. The number of nitrogens with zero attached hydrogens (tertiary/aromatic N) is 4. The van der Waals surface area contributed by atoms with Crippen LogP contribution < -0.4 is 5.73 Å². The maximum Gasteiger partial charge on any atom is 0.155 e. The lowest BCUT2D eigenvalue weighted by molar-refractivity contribution is 0.207. The van der Waals surface area contributed by atoms with Gasteiger partial charge in [0.05, 0.1) is 0 Å². The van der Waals surface area contributed by atoms with E-state index in [9.17, 15) is 0 Å². The summed E-state index contributed by atoms with van der Waals surface area (Å²) in [6, 6.07) is 4.01. The predicted molar refractivity (Wildman–Crippen MR) is 74.8 cm³/mol. The maximum absolute atomic E-state index is 5.65. The lowest BCUT2D eigenvalue weighted by atomic mass is 9.95. The van der Waals surface area contributed by atoms with Gasteiger partial charge in [0.1, 0.15) is 0 Å². The molecule has 3 rings (SSSR count). The number of rotatable bonds is 3. The highest BCUT2D eigenvalue weighted by atomic mass is 15.3. The molecule has 19 heavy (non-hydrogen) atoms. The van der Waals surface area contributed by atoms with Crippen molar-refractivity contribution in [3.63, 3.8) is 0 Å². The van der Waals surface area contributed by atoms with Crippen LogP contribution in [0.5, 0.6) is 0 Å². The van der Waals surface area contributed by atoms with Crippen molar-refractivity contribution in [1.29, 1.82) is 0 Å². The number of hydrogen-bond acceptors (Lipinski definition) is 4. The van der Waals surface area contributed by atoms with Crippen molar-refractivity contribution in [3.8, 4) is 0 Å². The van der Waals surface area contributed by atoms with E-state index in [1.807, 2.05) is 22.8 Å². The molecule has 1 fully saturated rings. The Morgan fingerprint density at radius 2 is 2.32 bits per heavy atom. The Morgan fingerprint density at radius 3 is 3.11 bits per heavy atom. The Hall–Kier alpha value is -1.46. The van der Waals surface area contributed by atoms with Crippen LogP contribution >= 0.6 is 0 Å². The third-order valence-electron chi connectivity index (χ3n) is 3.87. The van der Waals surface area contributed by atoms with Crippen molar-refractivity contribution in [2.75, 3.05) is 20.1 Å². The molecule has 2 N–H and O–H groups in total. The molecule has 1 aliphatic heterocycles. The lowest BCUT2D eigenvalue weighted by Gasteiger charge is -2.28. The zero-order chi connectivity index (χ0) is 13.2. The summed E-state index contributed by atoms with van der Waals surface area (Å²) in [7, 11) is 2.19. The molecule has 0 aliphatic carbocycles. The minimum Gasteiger partial charge on any atom is -0.326 e. The molecule has 1 unspecified atom stereocenters. The van der Waals surface area contributed by atoms with E-state index < -0.39 is 0 Å². The zero-order valence-corrected chi connectivity index (χ0v) is 11.4. The van der Waals surface area contributed by atoms with E-state index in [2.05, 4.69) is 22.0 Å². The average molecular weight is 259 g/mol. The summed E-state index contributed by atoms with van der Waals surface area (Å²) in [5.74, 6) is 1.64. The van der Waals surface area contributed by atoms with Crippen molar-refractivity contribution >= 4 is 5.65 Å². The molecule has 1 saturated heterocycles. The lowest BCUT2D eigenvalue weighted by Crippen LogP contribution is -2.33. The monoisotopic (exact) mass is 259 g/mol. The minimum absolute atomic E-state index is 0.540. The summed E-state index contributed by atoms with van der Waals surface area (Å²) in [6.07, 6.45) is 5.52. The molecule has 2 aromatic heterocycles. The van der Waals surface area contributed by atoms with Crippen molar-refractivity contribution in [2.24, 2.45) is 11.7 Å². The third kappa shape index (κ3) is 2.77. The quantitative estimate of drug-likeness (QED) is 0.896. The van der Waals surface area contributed by atoms with E-state index in [-0.39, 0.29) is 0 Å². The number of nitrogens with two attached hydrogens (primary N) is 1. The molecule has 0 amide bonds. The molecule has 0 spiro atoms. The standard InChI is InChI=1S/C14H21N5/c1-18-6-2-3-11(9-18)7-13-16-14-5-4-12(8-15)10-19(14)17-13/h4-5,10-11H,2-3,6-9,15H2,1H3. The molecule has 2 aromatic rings. The SMILES string of the molecule is CN1CCCC(Cc2nc3ccc(CN)cn3n2)C1. The maximum atomic E-state index is 5.65. The first-order valence-corrected chi connectivity index (χ1v) is 6.97. The van der Waals surface area contributed by atoms with E-state index in [1.165, 1.54) is 19.4 Å². The average Bonchev–Trinajstić information content (AvgIpc) is 2.79. The smallest absolute Gasteiger partial charge is 0.155 e. The van der Waals surface area contributed by atoms with Crippen LogP contribution in [0.25, 0.3) is 5.65 Å². The van der Waals surface area contributed by atoms with Crippen LogP contribution in [0.1, 0.15) is 24.2 Å². The fraction of sp³-hybridized carbons (Fsp3) is 0.571. The summed E-state index contributed by atoms with van der Waals surface area (Å²) in [5, 5.41) is 4.57. The van der Waals surface area contributed by atoms with Gasteiger partial charge in [-0.15, -0.1) is 0 Å². The Bertz CT molecular complexity index is 562. The number of pyridine rings is 1. The second kappa shape index (κ2) is 5.27.